The molecule has 5 amide bonds. The van der Waals surface area contributed by atoms with Gasteiger partial charge in [0.05, 0.1) is 26.2 Å². The van der Waals surface area contributed by atoms with Crippen LogP contribution in [-0.2, 0) is 38.3 Å². The third-order valence-corrected chi connectivity index (χ3v) is 6.65. The zero-order valence-electron chi connectivity index (χ0n) is 42.0. The number of hydrogen-bond acceptors (Lipinski definition) is 15. The summed E-state index contributed by atoms with van der Waals surface area (Å²) in [5.74, 6) is -2.16. The summed E-state index contributed by atoms with van der Waals surface area (Å²) in [6.45, 7) is 21.5. The van der Waals surface area contributed by atoms with Crippen LogP contribution in [0.5, 0.6) is 0 Å². The lowest BCUT2D eigenvalue weighted by molar-refractivity contribution is -0.131. The lowest BCUT2D eigenvalue weighted by Crippen LogP contribution is -2.53. The standard InChI is InChI=1S/C19H37N7O5.C5H9NO3.3C4H11N.3C2H6.CH4O/c1-22-12-16(28)25-15(7-3-5-9-21)19(31)24-13-17(29)26-14(6-2-4-8-20)18(30)23-10-11-27;1-9-4-5(8)6-2-3-7;3*1-2-3-4-5;4*1-2/h11,14-15,22H,2-10,12-13,20-21H2,1H3,(H,23,30)(H,24,31)(H,25,28)(H,26,29);3H,2,4H2,1H3,(H,6,8);3*2-5H2,1H3;3*1-2H3;2H,1H3. The Kier molecular flexibility index (Phi) is 104. The molecular formula is C43H101N11O9. The Morgan fingerprint density at radius 1 is 0.524 bits per heavy atom. The molecule has 17 N–H and O–H groups in total. The predicted octanol–water partition coefficient (Wildman–Crippen LogP) is 0.735. The fourth-order valence-corrected chi connectivity index (χ4v) is 3.68. The molecule has 0 heterocycles. The van der Waals surface area contributed by atoms with Gasteiger partial charge < -0.3 is 80.0 Å². The highest BCUT2D eigenvalue weighted by Crippen LogP contribution is 2.02. The van der Waals surface area contributed by atoms with Crippen molar-refractivity contribution in [3.05, 3.63) is 0 Å². The van der Waals surface area contributed by atoms with E-state index >= 15 is 0 Å². The van der Waals surface area contributed by atoms with Crippen LogP contribution in [-0.4, -0.2) is 146 Å². The van der Waals surface area contributed by atoms with Gasteiger partial charge in [-0.05, 0) is 97.6 Å². The number of amides is 5. The van der Waals surface area contributed by atoms with Crippen molar-refractivity contribution in [3.8, 4) is 0 Å². The zero-order chi connectivity index (χ0) is 51.0. The predicted molar refractivity (Wildman–Crippen MR) is 261 cm³/mol. The first-order chi connectivity index (χ1) is 30.4. The van der Waals surface area contributed by atoms with Gasteiger partial charge in [-0.1, -0.05) is 81.6 Å². The van der Waals surface area contributed by atoms with Crippen molar-refractivity contribution in [1.82, 2.24) is 31.9 Å². The average molecular weight is 916 g/mol. The maximum absolute atomic E-state index is 12.5. The highest BCUT2D eigenvalue weighted by molar-refractivity contribution is 5.93. The maximum Gasteiger partial charge on any atom is 0.246 e. The van der Waals surface area contributed by atoms with Crippen molar-refractivity contribution in [2.75, 3.05) is 86.8 Å². The Morgan fingerprint density at radius 3 is 1.14 bits per heavy atom. The molecule has 0 aliphatic rings. The largest absolute Gasteiger partial charge is 0.400 e. The van der Waals surface area contributed by atoms with Crippen LogP contribution >= 0.6 is 0 Å². The van der Waals surface area contributed by atoms with E-state index in [9.17, 15) is 33.6 Å². The van der Waals surface area contributed by atoms with Gasteiger partial charge in [-0.2, -0.15) is 0 Å². The Morgan fingerprint density at radius 2 is 0.857 bits per heavy atom. The summed E-state index contributed by atoms with van der Waals surface area (Å²) in [4.78, 5) is 79.2. The van der Waals surface area contributed by atoms with E-state index in [1.54, 1.807) is 7.05 Å². The molecule has 0 bridgehead atoms. The van der Waals surface area contributed by atoms with Gasteiger partial charge in [0.2, 0.25) is 29.5 Å². The summed E-state index contributed by atoms with van der Waals surface area (Å²) in [5.41, 5.74) is 26.3. The number of unbranched alkanes of at least 4 members (excludes halogenated alkanes) is 5. The zero-order valence-corrected chi connectivity index (χ0v) is 42.0. The normalized spacial score (nSPS) is 9.68. The summed E-state index contributed by atoms with van der Waals surface area (Å²) < 4.78 is 4.47. The van der Waals surface area contributed by atoms with E-state index in [2.05, 4.69) is 57.4 Å². The molecule has 0 spiro atoms. The third-order valence-electron chi connectivity index (χ3n) is 6.65. The van der Waals surface area contributed by atoms with Gasteiger partial charge in [-0.25, -0.2) is 0 Å². The first-order valence-corrected chi connectivity index (χ1v) is 22.8. The van der Waals surface area contributed by atoms with Crippen molar-refractivity contribution in [2.24, 2.45) is 28.7 Å². The van der Waals surface area contributed by atoms with Crippen LogP contribution < -0.4 is 60.6 Å². The molecule has 382 valence electrons. The third kappa shape index (κ3) is 82.7. The van der Waals surface area contributed by atoms with Gasteiger partial charge in [0, 0.05) is 14.2 Å². The van der Waals surface area contributed by atoms with Crippen molar-refractivity contribution >= 4 is 42.1 Å². The van der Waals surface area contributed by atoms with E-state index in [-0.39, 0.29) is 44.6 Å². The second kappa shape index (κ2) is 82.1. The molecule has 0 aliphatic carbocycles. The van der Waals surface area contributed by atoms with Crippen LogP contribution in [0.3, 0.4) is 0 Å². The van der Waals surface area contributed by atoms with Crippen molar-refractivity contribution in [2.45, 2.75) is 151 Å². The number of aliphatic hydroxyl groups excluding tert-OH is 1. The molecule has 63 heavy (non-hydrogen) atoms. The number of methoxy groups -OCH3 is 1. The molecule has 0 saturated carbocycles. The van der Waals surface area contributed by atoms with Crippen LogP contribution in [0.1, 0.15) is 139 Å². The molecule has 20 nitrogen and oxygen atoms in total. The molecule has 0 aliphatic heterocycles. The summed E-state index contributed by atoms with van der Waals surface area (Å²) in [6.07, 6.45) is 11.7. The summed E-state index contributed by atoms with van der Waals surface area (Å²) >= 11 is 0. The summed E-state index contributed by atoms with van der Waals surface area (Å²) in [5, 5.41) is 22.1. The highest BCUT2D eigenvalue weighted by atomic mass is 16.5. The minimum atomic E-state index is -0.841. The Labute approximate surface area is 383 Å². The minimum absolute atomic E-state index is 0.00778. The molecule has 0 saturated heterocycles. The Bertz CT molecular complexity index is 906. The van der Waals surface area contributed by atoms with E-state index in [1.165, 1.54) is 45.6 Å². The van der Waals surface area contributed by atoms with E-state index in [0.29, 0.717) is 64.2 Å². The molecule has 0 fully saturated rings. The van der Waals surface area contributed by atoms with E-state index < -0.39 is 29.8 Å². The molecule has 2 atom stereocenters. The molecule has 0 rings (SSSR count). The van der Waals surface area contributed by atoms with Crippen LogP contribution in [0.15, 0.2) is 0 Å². The number of nitrogens with two attached hydrogens (primary N) is 5. The quantitative estimate of drug-likeness (QED) is 0.0380. The van der Waals surface area contributed by atoms with E-state index in [1.807, 2.05) is 41.5 Å². The molecule has 0 aromatic heterocycles. The first kappa shape index (κ1) is 79.7. The lowest BCUT2D eigenvalue weighted by atomic mass is 10.1. The van der Waals surface area contributed by atoms with Crippen molar-refractivity contribution in [3.63, 3.8) is 0 Å². The highest BCUT2D eigenvalue weighted by Gasteiger charge is 2.23. The van der Waals surface area contributed by atoms with E-state index in [0.717, 1.165) is 26.7 Å². The maximum atomic E-state index is 12.5. The van der Waals surface area contributed by atoms with Gasteiger partial charge in [0.1, 0.15) is 31.3 Å². The van der Waals surface area contributed by atoms with Crippen LogP contribution in [0, 0.1) is 0 Å². The Hall–Kier alpha value is -3.63. The lowest BCUT2D eigenvalue weighted by Gasteiger charge is -2.20. The number of likely N-dealkylation sites (N-methyl/N-ethyl adjacent to an activating group) is 1. The first-order valence-electron chi connectivity index (χ1n) is 22.8. The second-order valence-corrected chi connectivity index (χ2v) is 11.8. The SMILES string of the molecule is CC.CC.CC.CCCCN.CCCCN.CCCCN.CNCC(=O)NC(CCCCN)C(=O)NCC(=O)NC(CCCCN)C(=O)NCC=O.CO.COCC(=O)NCC=O. The number of aliphatic hydroxyl groups is 1. The smallest absolute Gasteiger partial charge is 0.246 e. The number of ether oxygens (including phenoxy) is 1. The van der Waals surface area contributed by atoms with Crippen molar-refractivity contribution < 1.29 is 43.4 Å². The molecule has 0 aromatic rings. The summed E-state index contributed by atoms with van der Waals surface area (Å²) in [6, 6.07) is -1.64. The Balaban J connectivity index is -0.000000105. The second-order valence-electron chi connectivity index (χ2n) is 11.8. The number of rotatable bonds is 28. The van der Waals surface area contributed by atoms with Gasteiger partial charge >= 0.3 is 0 Å². The number of hydrogen-bond donors (Lipinski definition) is 12. The molecule has 0 aromatic carbocycles. The van der Waals surface area contributed by atoms with Gasteiger partial charge in [0.25, 0.3) is 0 Å². The molecular weight excluding hydrogens is 815 g/mol. The number of nitrogens with one attached hydrogen (secondary N) is 6. The fraction of sp³-hybridized carbons (Fsp3) is 0.837. The van der Waals surface area contributed by atoms with Gasteiger partial charge in [-0.3, -0.25) is 24.0 Å². The topological polar surface area (TPSA) is 351 Å². The molecule has 20 heteroatoms. The molecule has 2 unspecified atom stereocenters. The van der Waals surface area contributed by atoms with Gasteiger partial charge in [0.15, 0.2) is 0 Å². The van der Waals surface area contributed by atoms with Crippen LogP contribution in [0.4, 0.5) is 0 Å². The van der Waals surface area contributed by atoms with Crippen LogP contribution in [0.2, 0.25) is 0 Å². The number of carbonyl (C=O) groups excluding carboxylic acids is 7. The minimum Gasteiger partial charge on any atom is -0.400 e. The fourth-order valence-electron chi connectivity index (χ4n) is 3.68. The molecule has 0 radical (unpaired) electrons. The van der Waals surface area contributed by atoms with E-state index in [4.69, 9.17) is 33.8 Å². The number of carbonyl (C=O) groups is 7. The number of aldehydes is 2. The van der Waals surface area contributed by atoms with Crippen LogP contribution in [0.25, 0.3) is 0 Å². The monoisotopic (exact) mass is 916 g/mol. The van der Waals surface area contributed by atoms with Gasteiger partial charge in [-0.15, -0.1) is 0 Å². The summed E-state index contributed by atoms with van der Waals surface area (Å²) in [7, 11) is 4.03. The van der Waals surface area contributed by atoms with Crippen molar-refractivity contribution in [1.29, 1.82) is 0 Å². The average Bonchev–Trinajstić information content (AvgIpc) is 3.30.